The number of carbonyl (C=O) groups excluding carboxylic acids is 1. The number of carbonyl (C=O) groups is 1. The van der Waals surface area contributed by atoms with Gasteiger partial charge in [0, 0.05) is 11.3 Å². The van der Waals surface area contributed by atoms with Gasteiger partial charge in [-0.15, -0.1) is 0 Å². The van der Waals surface area contributed by atoms with E-state index in [0.29, 0.717) is 11.9 Å². The Kier molecular flexibility index (Phi) is 2.08. The van der Waals surface area contributed by atoms with Gasteiger partial charge in [0.2, 0.25) is 11.9 Å². The molecule has 3 aromatic rings. The van der Waals surface area contributed by atoms with E-state index in [4.69, 9.17) is 0 Å². The summed E-state index contributed by atoms with van der Waals surface area (Å²) in [6.45, 7) is 1.89. The summed E-state index contributed by atoms with van der Waals surface area (Å²) in [5, 5.41) is 6.29. The summed E-state index contributed by atoms with van der Waals surface area (Å²) in [5.41, 5.74) is 3.05. The Labute approximate surface area is 143 Å². The number of anilines is 1. The number of aliphatic imine (C=N–C) groups is 1. The second-order valence-corrected chi connectivity index (χ2v) is 6.69. The summed E-state index contributed by atoms with van der Waals surface area (Å²) >= 11 is 0. The highest BCUT2D eigenvalue weighted by Gasteiger charge is 2.57. The van der Waals surface area contributed by atoms with Crippen LogP contribution in [0.1, 0.15) is 18.7 Å². The zero-order chi connectivity index (χ0) is 16.8. The number of imidazole rings is 1. The summed E-state index contributed by atoms with van der Waals surface area (Å²) in [5.74, 6) is 1.04. The topological polar surface area (TPSA) is 74.5 Å². The molecule has 6 rings (SSSR count). The first-order valence-corrected chi connectivity index (χ1v) is 8.20. The van der Waals surface area contributed by atoms with E-state index in [1.165, 1.54) is 0 Å². The molecule has 3 aliphatic rings. The first kappa shape index (κ1) is 13.0. The second kappa shape index (κ2) is 4.00. The van der Waals surface area contributed by atoms with Gasteiger partial charge in [0.1, 0.15) is 6.17 Å². The highest BCUT2D eigenvalue weighted by Crippen LogP contribution is 2.47. The van der Waals surface area contributed by atoms with Gasteiger partial charge in [0.25, 0.3) is 5.91 Å². The van der Waals surface area contributed by atoms with E-state index in [-0.39, 0.29) is 12.1 Å². The monoisotopic (exact) mass is 330 g/mol. The van der Waals surface area contributed by atoms with Gasteiger partial charge >= 0.3 is 0 Å². The van der Waals surface area contributed by atoms with Crippen molar-refractivity contribution in [1.29, 1.82) is 0 Å². The SMILES string of the molecule is CC12Nc3ccccc3C3N1C(=Nc1nc4ccccc4n13)NC2=O. The Morgan fingerprint density at radius 1 is 1.12 bits per heavy atom. The number of nitrogens with zero attached hydrogens (tertiary/aromatic N) is 4. The summed E-state index contributed by atoms with van der Waals surface area (Å²) < 4.78 is 2.11. The standard InChI is InChI=1S/C18H14N6O/c1-18-15(25)20-17-21-16-19-12-8-4-5-9-13(12)23(16)14(24(17)18)10-6-2-3-7-11(10)22-18/h2-9,14,22H,1H3,(H,19,20,21,25). The number of aromatic nitrogens is 2. The molecule has 25 heavy (non-hydrogen) atoms. The number of fused-ring (bicyclic) bond motifs is 6. The zero-order valence-electron chi connectivity index (χ0n) is 13.4. The van der Waals surface area contributed by atoms with Crippen molar-refractivity contribution < 1.29 is 4.79 Å². The molecule has 3 aliphatic heterocycles. The van der Waals surface area contributed by atoms with E-state index in [0.717, 1.165) is 22.3 Å². The van der Waals surface area contributed by atoms with Crippen molar-refractivity contribution in [1.82, 2.24) is 19.8 Å². The van der Waals surface area contributed by atoms with Gasteiger partial charge in [0.05, 0.1) is 11.0 Å². The van der Waals surface area contributed by atoms with Crippen LogP contribution in [0.2, 0.25) is 0 Å². The lowest BCUT2D eigenvalue weighted by Gasteiger charge is -2.47. The molecule has 2 N–H and O–H groups in total. The number of hydrogen-bond acceptors (Lipinski definition) is 5. The predicted octanol–water partition coefficient (Wildman–Crippen LogP) is 2.16. The smallest absolute Gasteiger partial charge is 0.273 e. The molecular formula is C18H14N6O. The maximum atomic E-state index is 12.7. The van der Waals surface area contributed by atoms with Crippen molar-refractivity contribution in [3.63, 3.8) is 0 Å². The molecule has 122 valence electrons. The third-order valence-electron chi connectivity index (χ3n) is 5.27. The molecule has 1 aromatic heterocycles. The first-order chi connectivity index (χ1) is 12.2. The van der Waals surface area contributed by atoms with Crippen LogP contribution in [0.25, 0.3) is 11.0 Å². The fourth-order valence-electron chi connectivity index (χ4n) is 4.10. The predicted molar refractivity (Wildman–Crippen MR) is 93.4 cm³/mol. The first-order valence-electron chi connectivity index (χ1n) is 8.20. The number of rotatable bonds is 0. The highest BCUT2D eigenvalue weighted by atomic mass is 16.2. The molecule has 2 atom stereocenters. The maximum absolute atomic E-state index is 12.7. The van der Waals surface area contributed by atoms with E-state index in [1.54, 1.807) is 0 Å². The number of nitrogens with one attached hydrogen (secondary N) is 2. The largest absolute Gasteiger partial charge is 0.355 e. The number of para-hydroxylation sites is 3. The van der Waals surface area contributed by atoms with E-state index in [1.807, 2.05) is 54.3 Å². The van der Waals surface area contributed by atoms with Crippen LogP contribution in [0.3, 0.4) is 0 Å². The molecule has 0 aliphatic carbocycles. The van der Waals surface area contributed by atoms with Crippen LogP contribution in [0.5, 0.6) is 0 Å². The molecule has 1 saturated heterocycles. The van der Waals surface area contributed by atoms with Gasteiger partial charge in [-0.05, 0) is 25.1 Å². The van der Waals surface area contributed by atoms with Crippen LogP contribution < -0.4 is 10.6 Å². The van der Waals surface area contributed by atoms with Crippen LogP contribution in [-0.2, 0) is 4.79 Å². The molecular weight excluding hydrogens is 316 g/mol. The van der Waals surface area contributed by atoms with Crippen molar-refractivity contribution in [2.75, 3.05) is 5.32 Å². The highest BCUT2D eigenvalue weighted by molar-refractivity contribution is 6.12. The van der Waals surface area contributed by atoms with E-state index in [2.05, 4.69) is 31.2 Å². The minimum atomic E-state index is -0.888. The van der Waals surface area contributed by atoms with E-state index in [9.17, 15) is 4.79 Å². The molecule has 7 nitrogen and oxygen atoms in total. The van der Waals surface area contributed by atoms with Crippen molar-refractivity contribution >= 4 is 34.5 Å². The summed E-state index contributed by atoms with van der Waals surface area (Å²) in [7, 11) is 0. The summed E-state index contributed by atoms with van der Waals surface area (Å²) in [4.78, 5) is 24.0. The van der Waals surface area contributed by atoms with Gasteiger partial charge in [-0.2, -0.15) is 4.99 Å². The second-order valence-electron chi connectivity index (χ2n) is 6.69. The Morgan fingerprint density at radius 2 is 1.92 bits per heavy atom. The molecule has 0 radical (unpaired) electrons. The normalized spacial score (nSPS) is 25.6. The minimum Gasteiger partial charge on any atom is -0.355 e. The van der Waals surface area contributed by atoms with Crippen molar-refractivity contribution in [3.8, 4) is 0 Å². The molecule has 0 spiro atoms. The van der Waals surface area contributed by atoms with Crippen molar-refractivity contribution in [2.45, 2.75) is 18.8 Å². The summed E-state index contributed by atoms with van der Waals surface area (Å²) in [6.07, 6.45) is -0.184. The number of hydrogen-bond donors (Lipinski definition) is 2. The number of benzene rings is 2. The van der Waals surface area contributed by atoms with Gasteiger partial charge in [-0.3, -0.25) is 19.6 Å². The lowest BCUT2D eigenvalue weighted by Crippen LogP contribution is -2.59. The molecule has 4 heterocycles. The van der Waals surface area contributed by atoms with E-state index < -0.39 is 5.66 Å². The average molecular weight is 330 g/mol. The lowest BCUT2D eigenvalue weighted by atomic mass is 9.99. The number of guanidine groups is 1. The average Bonchev–Trinajstić information content (AvgIpc) is 3.10. The van der Waals surface area contributed by atoms with Crippen LogP contribution in [0, 0.1) is 0 Å². The quantitative estimate of drug-likeness (QED) is 0.662. The third-order valence-corrected chi connectivity index (χ3v) is 5.27. The van der Waals surface area contributed by atoms with Crippen molar-refractivity contribution in [3.05, 3.63) is 54.1 Å². The molecule has 0 bridgehead atoms. The Balaban J connectivity index is 1.75. The Hall–Kier alpha value is -3.35. The maximum Gasteiger partial charge on any atom is 0.273 e. The minimum absolute atomic E-state index is 0.110. The van der Waals surface area contributed by atoms with E-state index >= 15 is 0 Å². The number of amides is 1. The molecule has 7 heteroatoms. The van der Waals surface area contributed by atoms with Crippen LogP contribution in [-0.4, -0.2) is 32.0 Å². The Morgan fingerprint density at radius 3 is 2.84 bits per heavy atom. The molecule has 1 amide bonds. The molecule has 2 aromatic carbocycles. The van der Waals surface area contributed by atoms with Crippen LogP contribution >= 0.6 is 0 Å². The fraction of sp³-hybridized carbons (Fsp3) is 0.167. The van der Waals surface area contributed by atoms with Crippen LogP contribution in [0.4, 0.5) is 11.6 Å². The third kappa shape index (κ3) is 1.40. The lowest BCUT2D eigenvalue weighted by molar-refractivity contribution is -0.125. The van der Waals surface area contributed by atoms with Gasteiger partial charge in [-0.1, -0.05) is 30.3 Å². The van der Waals surface area contributed by atoms with Crippen molar-refractivity contribution in [2.24, 2.45) is 4.99 Å². The van der Waals surface area contributed by atoms with Gasteiger partial charge in [-0.25, -0.2) is 4.98 Å². The molecule has 1 fully saturated rings. The Bertz CT molecular complexity index is 1120. The fourth-order valence-corrected chi connectivity index (χ4v) is 4.10. The van der Waals surface area contributed by atoms with Gasteiger partial charge < -0.3 is 5.32 Å². The van der Waals surface area contributed by atoms with Crippen LogP contribution in [0.15, 0.2) is 53.5 Å². The zero-order valence-corrected chi connectivity index (χ0v) is 13.4. The molecule has 2 unspecified atom stereocenters. The van der Waals surface area contributed by atoms with Gasteiger partial charge in [0.15, 0.2) is 5.66 Å². The molecule has 0 saturated carbocycles. The summed E-state index contributed by atoms with van der Waals surface area (Å²) in [6, 6.07) is 16.1.